The highest BCUT2D eigenvalue weighted by Crippen LogP contribution is 2.41. The lowest BCUT2D eigenvalue weighted by molar-refractivity contribution is -0.0218. The van der Waals surface area contributed by atoms with E-state index in [1.54, 1.807) is 0 Å². The van der Waals surface area contributed by atoms with Crippen LogP contribution in [-0.4, -0.2) is 63.4 Å². The lowest BCUT2D eigenvalue weighted by Crippen LogP contribution is -2.42. The van der Waals surface area contributed by atoms with E-state index in [9.17, 15) is 0 Å². The summed E-state index contributed by atoms with van der Waals surface area (Å²) < 4.78 is 11.6. The van der Waals surface area contributed by atoms with E-state index in [1.807, 2.05) is 0 Å². The van der Waals surface area contributed by atoms with Crippen LogP contribution >= 0.6 is 0 Å². The summed E-state index contributed by atoms with van der Waals surface area (Å²) in [5.74, 6) is 1.05. The number of likely N-dealkylation sites (N-methyl/N-ethyl adjacent to an activating group) is 1. The molecule has 1 aromatic carbocycles. The Morgan fingerprint density at radius 1 is 1.08 bits per heavy atom. The molecule has 0 radical (unpaired) electrons. The van der Waals surface area contributed by atoms with Crippen molar-refractivity contribution in [2.75, 3.05) is 53.6 Å². The molecule has 2 heterocycles. The average molecular weight is 332 g/mol. The number of hydrogen-bond acceptors (Lipinski definition) is 4. The molecule has 24 heavy (non-hydrogen) atoms. The zero-order chi connectivity index (χ0) is 16.8. The summed E-state index contributed by atoms with van der Waals surface area (Å²) in [5.41, 5.74) is 1.88. The molecular weight excluding hydrogens is 300 g/mol. The van der Waals surface area contributed by atoms with Gasteiger partial charge in [0.15, 0.2) is 0 Å². The smallest absolute Gasteiger partial charge is 0.123 e. The summed E-state index contributed by atoms with van der Waals surface area (Å²) in [6.07, 6.45) is 5.15. The molecule has 4 heteroatoms. The molecule has 0 amide bonds. The Morgan fingerprint density at radius 2 is 1.79 bits per heavy atom. The fourth-order valence-electron chi connectivity index (χ4n) is 3.84. The Bertz CT molecular complexity index is 502. The van der Waals surface area contributed by atoms with Gasteiger partial charge < -0.3 is 14.4 Å². The van der Waals surface area contributed by atoms with Crippen LogP contribution in [0.15, 0.2) is 24.3 Å². The molecule has 0 saturated carbocycles. The first kappa shape index (κ1) is 17.7. The molecule has 0 atom stereocenters. The van der Waals surface area contributed by atoms with Crippen LogP contribution in [0.25, 0.3) is 0 Å². The summed E-state index contributed by atoms with van der Waals surface area (Å²) in [7, 11) is 4.16. The number of benzene rings is 1. The third kappa shape index (κ3) is 4.71. The molecule has 4 nitrogen and oxygen atoms in total. The zero-order valence-corrected chi connectivity index (χ0v) is 15.3. The Morgan fingerprint density at radius 3 is 2.50 bits per heavy atom. The monoisotopic (exact) mass is 332 g/mol. The van der Waals surface area contributed by atoms with Gasteiger partial charge in [-0.2, -0.15) is 0 Å². The highest BCUT2D eigenvalue weighted by Gasteiger charge is 2.35. The highest BCUT2D eigenvalue weighted by atomic mass is 16.5. The number of ether oxygens (including phenoxy) is 2. The van der Waals surface area contributed by atoms with Crippen LogP contribution in [-0.2, 0) is 11.3 Å². The Labute approximate surface area is 146 Å². The number of hydrogen-bond donors (Lipinski definition) is 0. The van der Waals surface area contributed by atoms with Gasteiger partial charge in [-0.25, -0.2) is 0 Å². The molecular formula is C20H32N2O2. The van der Waals surface area contributed by atoms with Gasteiger partial charge >= 0.3 is 0 Å². The van der Waals surface area contributed by atoms with E-state index in [-0.39, 0.29) is 0 Å². The van der Waals surface area contributed by atoms with Gasteiger partial charge in [-0.15, -0.1) is 0 Å². The Hall–Kier alpha value is -1.10. The summed E-state index contributed by atoms with van der Waals surface area (Å²) >= 11 is 0. The van der Waals surface area contributed by atoms with Gasteiger partial charge in [0.05, 0.1) is 0 Å². The van der Waals surface area contributed by atoms with Crippen LogP contribution in [0.1, 0.15) is 31.2 Å². The number of likely N-dealkylation sites (tertiary alicyclic amines) is 1. The molecule has 134 valence electrons. The van der Waals surface area contributed by atoms with Crippen molar-refractivity contribution in [3.05, 3.63) is 29.8 Å². The first-order chi connectivity index (χ1) is 11.7. The van der Waals surface area contributed by atoms with Crippen LogP contribution in [0.2, 0.25) is 0 Å². The van der Waals surface area contributed by atoms with Crippen LogP contribution in [0.4, 0.5) is 0 Å². The van der Waals surface area contributed by atoms with Crippen molar-refractivity contribution in [3.63, 3.8) is 0 Å². The fraction of sp³-hybridized carbons (Fsp3) is 0.700. The molecule has 0 aliphatic carbocycles. The molecule has 2 saturated heterocycles. The van der Waals surface area contributed by atoms with E-state index in [0.717, 1.165) is 38.7 Å². The van der Waals surface area contributed by atoms with Crippen molar-refractivity contribution in [3.8, 4) is 5.75 Å². The predicted molar refractivity (Wildman–Crippen MR) is 97.5 cm³/mol. The summed E-state index contributed by atoms with van der Waals surface area (Å²) in [5, 5.41) is 0. The van der Waals surface area contributed by atoms with Gasteiger partial charge in [0.25, 0.3) is 0 Å². The minimum Gasteiger partial charge on any atom is -0.492 e. The normalized spacial score (nSPS) is 21.3. The van der Waals surface area contributed by atoms with E-state index in [2.05, 4.69) is 48.2 Å². The van der Waals surface area contributed by atoms with Gasteiger partial charge in [0.2, 0.25) is 0 Å². The van der Waals surface area contributed by atoms with Gasteiger partial charge in [0.1, 0.15) is 12.4 Å². The number of para-hydroxylation sites is 1. The van der Waals surface area contributed by atoms with E-state index in [4.69, 9.17) is 9.47 Å². The second-order valence-electron chi connectivity index (χ2n) is 7.65. The molecule has 1 aromatic rings. The molecule has 2 fully saturated rings. The molecule has 0 bridgehead atoms. The van der Waals surface area contributed by atoms with Crippen molar-refractivity contribution in [2.45, 2.75) is 32.2 Å². The second kappa shape index (κ2) is 8.32. The minimum atomic E-state index is 0.566. The maximum atomic E-state index is 6.01. The Balaban J connectivity index is 1.53. The molecule has 3 rings (SSSR count). The van der Waals surface area contributed by atoms with Crippen molar-refractivity contribution >= 4 is 0 Å². The molecule has 1 spiro atoms. The third-order valence-corrected chi connectivity index (χ3v) is 5.63. The first-order valence-corrected chi connectivity index (χ1v) is 9.32. The lowest BCUT2D eigenvalue weighted by Gasteiger charge is -2.44. The first-order valence-electron chi connectivity index (χ1n) is 9.32. The minimum absolute atomic E-state index is 0.566. The van der Waals surface area contributed by atoms with E-state index < -0.39 is 0 Å². The van der Waals surface area contributed by atoms with Crippen LogP contribution < -0.4 is 4.74 Å². The number of rotatable bonds is 6. The van der Waals surface area contributed by atoms with Gasteiger partial charge in [-0.1, -0.05) is 18.2 Å². The molecule has 0 aromatic heterocycles. The maximum absolute atomic E-state index is 6.01. The predicted octanol–water partition coefficient (Wildman–Crippen LogP) is 3.02. The van der Waals surface area contributed by atoms with E-state index in [1.165, 1.54) is 44.3 Å². The largest absolute Gasteiger partial charge is 0.492 e. The maximum Gasteiger partial charge on any atom is 0.123 e. The van der Waals surface area contributed by atoms with Crippen LogP contribution in [0.3, 0.4) is 0 Å². The number of nitrogens with zero attached hydrogens (tertiary/aromatic N) is 2. The second-order valence-corrected chi connectivity index (χ2v) is 7.65. The van der Waals surface area contributed by atoms with Gasteiger partial charge in [-0.3, -0.25) is 4.90 Å². The van der Waals surface area contributed by atoms with Crippen LogP contribution in [0.5, 0.6) is 5.75 Å². The standard InChI is InChI=1S/C20H32N2O2/c1-21(2)13-16-24-19-6-4-3-5-18(19)17-22-11-7-20(8-12-22)9-14-23-15-10-20/h3-6H,7-17H2,1-2H3. The quantitative estimate of drug-likeness (QED) is 0.799. The summed E-state index contributed by atoms with van der Waals surface area (Å²) in [6.45, 7) is 7.02. The highest BCUT2D eigenvalue weighted by molar-refractivity contribution is 5.33. The van der Waals surface area contributed by atoms with E-state index in [0.29, 0.717) is 5.41 Å². The molecule has 2 aliphatic rings. The number of piperidine rings is 1. The Kier molecular flexibility index (Phi) is 6.14. The third-order valence-electron chi connectivity index (χ3n) is 5.63. The van der Waals surface area contributed by atoms with E-state index >= 15 is 0 Å². The zero-order valence-electron chi connectivity index (χ0n) is 15.3. The van der Waals surface area contributed by atoms with Gasteiger partial charge in [0, 0.05) is 31.9 Å². The van der Waals surface area contributed by atoms with Gasteiger partial charge in [-0.05, 0) is 64.3 Å². The molecule has 0 unspecified atom stereocenters. The summed E-state index contributed by atoms with van der Waals surface area (Å²) in [6, 6.07) is 8.51. The molecule has 0 N–H and O–H groups in total. The summed E-state index contributed by atoms with van der Waals surface area (Å²) in [4.78, 5) is 4.75. The van der Waals surface area contributed by atoms with Crippen molar-refractivity contribution in [1.82, 2.24) is 9.80 Å². The SMILES string of the molecule is CN(C)CCOc1ccccc1CN1CCC2(CCOCC2)CC1. The average Bonchev–Trinajstić information content (AvgIpc) is 2.59. The topological polar surface area (TPSA) is 24.9 Å². The van der Waals surface area contributed by atoms with Crippen molar-refractivity contribution in [1.29, 1.82) is 0 Å². The van der Waals surface area contributed by atoms with Crippen LogP contribution in [0, 0.1) is 5.41 Å². The molecule has 2 aliphatic heterocycles. The fourth-order valence-corrected chi connectivity index (χ4v) is 3.84. The lowest BCUT2D eigenvalue weighted by atomic mass is 9.72. The van der Waals surface area contributed by atoms with Crippen molar-refractivity contribution in [2.24, 2.45) is 5.41 Å². The van der Waals surface area contributed by atoms with Crippen molar-refractivity contribution < 1.29 is 9.47 Å².